The second-order valence-electron chi connectivity index (χ2n) is 6.21. The van der Waals surface area contributed by atoms with Gasteiger partial charge in [0.2, 0.25) is 5.91 Å². The van der Waals surface area contributed by atoms with Crippen molar-refractivity contribution in [1.82, 2.24) is 9.78 Å². The Morgan fingerprint density at radius 1 is 1.26 bits per heavy atom. The van der Waals surface area contributed by atoms with Gasteiger partial charge < -0.3 is 14.8 Å². The smallest absolute Gasteiger partial charge is 0.248 e. The summed E-state index contributed by atoms with van der Waals surface area (Å²) < 4.78 is 12.3. The fourth-order valence-electron chi connectivity index (χ4n) is 2.66. The van der Waals surface area contributed by atoms with Crippen molar-refractivity contribution in [3.05, 3.63) is 40.2 Å². The second-order valence-corrected chi connectivity index (χ2v) is 6.57. The summed E-state index contributed by atoms with van der Waals surface area (Å²) in [6.07, 6.45) is 5.21. The molecule has 0 aliphatic rings. The minimum Gasteiger partial charge on any atom is -0.493 e. The van der Waals surface area contributed by atoms with Gasteiger partial charge in [-0.15, -0.1) is 0 Å². The van der Waals surface area contributed by atoms with E-state index in [0.717, 1.165) is 36.2 Å². The lowest BCUT2D eigenvalue weighted by atomic mass is 10.1. The van der Waals surface area contributed by atoms with Gasteiger partial charge in [0.1, 0.15) is 5.15 Å². The maximum atomic E-state index is 12.4. The lowest BCUT2D eigenvalue weighted by Gasteiger charge is -2.12. The van der Waals surface area contributed by atoms with Crippen LogP contribution in [-0.4, -0.2) is 29.9 Å². The van der Waals surface area contributed by atoms with E-state index in [1.54, 1.807) is 31.0 Å². The maximum Gasteiger partial charge on any atom is 0.248 e. The van der Waals surface area contributed by atoms with Crippen LogP contribution in [0.25, 0.3) is 6.08 Å². The zero-order chi connectivity index (χ0) is 20.0. The largest absolute Gasteiger partial charge is 0.493 e. The van der Waals surface area contributed by atoms with Gasteiger partial charge in [0.25, 0.3) is 0 Å². The Balaban J connectivity index is 2.15. The lowest BCUT2D eigenvalue weighted by Crippen LogP contribution is -2.09. The van der Waals surface area contributed by atoms with Gasteiger partial charge >= 0.3 is 0 Å². The molecule has 0 saturated carbocycles. The molecule has 27 heavy (non-hydrogen) atoms. The van der Waals surface area contributed by atoms with E-state index in [1.807, 2.05) is 19.9 Å². The maximum absolute atomic E-state index is 12.4. The molecule has 0 fully saturated rings. The first-order valence-corrected chi connectivity index (χ1v) is 9.23. The summed E-state index contributed by atoms with van der Waals surface area (Å²) in [5.41, 5.74) is 3.08. The number of nitrogens with zero attached hydrogens (tertiary/aromatic N) is 2. The number of amides is 1. The van der Waals surface area contributed by atoms with Gasteiger partial charge in [0.05, 0.1) is 19.9 Å². The van der Waals surface area contributed by atoms with E-state index in [-0.39, 0.29) is 5.91 Å². The zero-order valence-electron chi connectivity index (χ0n) is 16.4. The molecular formula is C20H26ClN3O3. The standard InChI is InChI=1S/C20H26ClN3O3/c1-6-7-10-24-20(21)15(14(3)23-24)8-9-19(25)22-16-12-18(27-5)17(26-4)11-13(16)2/h8-9,11-12H,6-7,10H2,1-5H3,(H,22,25)/b9-8+. The normalized spacial score (nSPS) is 11.0. The predicted molar refractivity (Wildman–Crippen MR) is 109 cm³/mol. The van der Waals surface area contributed by atoms with Crippen LogP contribution >= 0.6 is 11.6 Å². The number of hydrogen-bond acceptors (Lipinski definition) is 4. The molecule has 7 heteroatoms. The third-order valence-corrected chi connectivity index (χ3v) is 4.62. The number of ether oxygens (including phenoxy) is 2. The topological polar surface area (TPSA) is 65.4 Å². The van der Waals surface area contributed by atoms with Crippen LogP contribution in [0.5, 0.6) is 11.5 Å². The summed E-state index contributed by atoms with van der Waals surface area (Å²) in [5.74, 6) is 0.908. The van der Waals surface area contributed by atoms with E-state index >= 15 is 0 Å². The Kier molecular flexibility index (Phi) is 7.30. The van der Waals surface area contributed by atoms with Crippen molar-refractivity contribution in [1.29, 1.82) is 0 Å². The van der Waals surface area contributed by atoms with Crippen LogP contribution in [0.1, 0.15) is 36.6 Å². The number of halogens is 1. The van der Waals surface area contributed by atoms with E-state index in [1.165, 1.54) is 6.08 Å². The first-order valence-electron chi connectivity index (χ1n) is 8.85. The fourth-order valence-corrected chi connectivity index (χ4v) is 2.98. The van der Waals surface area contributed by atoms with E-state index in [0.29, 0.717) is 22.3 Å². The molecule has 6 nitrogen and oxygen atoms in total. The Bertz CT molecular complexity index is 843. The van der Waals surface area contributed by atoms with Crippen molar-refractivity contribution in [2.45, 2.75) is 40.2 Å². The minimum atomic E-state index is -0.262. The molecule has 1 N–H and O–H groups in total. The van der Waals surface area contributed by atoms with E-state index in [4.69, 9.17) is 21.1 Å². The average molecular weight is 392 g/mol. The van der Waals surface area contributed by atoms with Crippen LogP contribution in [0.15, 0.2) is 18.2 Å². The Morgan fingerprint density at radius 3 is 2.56 bits per heavy atom. The third-order valence-electron chi connectivity index (χ3n) is 4.22. The van der Waals surface area contributed by atoms with Gasteiger partial charge in [-0.05, 0) is 38.0 Å². The number of carbonyl (C=O) groups excluding carboxylic acids is 1. The molecule has 2 rings (SSSR count). The van der Waals surface area contributed by atoms with Gasteiger partial charge in [0, 0.05) is 29.9 Å². The van der Waals surface area contributed by atoms with Crippen molar-refractivity contribution in [3.8, 4) is 11.5 Å². The molecule has 1 aromatic carbocycles. The van der Waals surface area contributed by atoms with Crippen molar-refractivity contribution in [2.75, 3.05) is 19.5 Å². The molecule has 0 spiro atoms. The van der Waals surface area contributed by atoms with Crippen molar-refractivity contribution in [2.24, 2.45) is 0 Å². The zero-order valence-corrected chi connectivity index (χ0v) is 17.2. The number of aromatic nitrogens is 2. The molecule has 2 aromatic rings. The van der Waals surface area contributed by atoms with Crippen LogP contribution in [0.4, 0.5) is 5.69 Å². The SMILES string of the molecule is CCCCn1nc(C)c(/C=C/C(=O)Nc2cc(OC)c(OC)cc2C)c1Cl. The molecule has 1 heterocycles. The molecular weight excluding hydrogens is 366 g/mol. The van der Waals surface area contributed by atoms with Crippen LogP contribution in [0.3, 0.4) is 0 Å². The molecule has 0 saturated heterocycles. The molecule has 0 bridgehead atoms. The van der Waals surface area contributed by atoms with E-state index in [2.05, 4.69) is 17.3 Å². The van der Waals surface area contributed by atoms with Crippen LogP contribution in [-0.2, 0) is 11.3 Å². The number of carbonyl (C=O) groups is 1. The highest BCUT2D eigenvalue weighted by Crippen LogP contribution is 2.33. The number of unbranched alkanes of at least 4 members (excludes halogenated alkanes) is 1. The molecule has 0 unspecified atom stereocenters. The average Bonchev–Trinajstić information content (AvgIpc) is 2.92. The highest BCUT2D eigenvalue weighted by atomic mass is 35.5. The van der Waals surface area contributed by atoms with Gasteiger partial charge in [-0.1, -0.05) is 24.9 Å². The molecule has 0 aliphatic carbocycles. The highest BCUT2D eigenvalue weighted by molar-refractivity contribution is 6.31. The number of benzene rings is 1. The number of rotatable bonds is 8. The Morgan fingerprint density at radius 2 is 1.93 bits per heavy atom. The second kappa shape index (κ2) is 9.46. The summed E-state index contributed by atoms with van der Waals surface area (Å²) in [6.45, 7) is 6.65. The monoisotopic (exact) mass is 391 g/mol. The van der Waals surface area contributed by atoms with Crippen molar-refractivity contribution < 1.29 is 14.3 Å². The molecule has 0 radical (unpaired) electrons. The summed E-state index contributed by atoms with van der Waals surface area (Å²) in [4.78, 5) is 12.4. The number of anilines is 1. The number of nitrogens with one attached hydrogen (secondary N) is 1. The number of hydrogen-bond donors (Lipinski definition) is 1. The molecule has 1 aromatic heterocycles. The van der Waals surface area contributed by atoms with Crippen LogP contribution < -0.4 is 14.8 Å². The summed E-state index contributed by atoms with van der Waals surface area (Å²) in [6, 6.07) is 3.55. The fraction of sp³-hybridized carbons (Fsp3) is 0.400. The van der Waals surface area contributed by atoms with Gasteiger partial charge in [0.15, 0.2) is 11.5 Å². The molecule has 0 atom stereocenters. The Labute approximate surface area is 165 Å². The minimum absolute atomic E-state index is 0.262. The van der Waals surface area contributed by atoms with Crippen molar-refractivity contribution in [3.63, 3.8) is 0 Å². The summed E-state index contributed by atoms with van der Waals surface area (Å²) in [5, 5.41) is 7.84. The predicted octanol–water partition coefficient (Wildman–Crippen LogP) is 4.62. The van der Waals surface area contributed by atoms with Gasteiger partial charge in [-0.25, -0.2) is 0 Å². The molecule has 1 amide bonds. The van der Waals surface area contributed by atoms with E-state index < -0.39 is 0 Å². The van der Waals surface area contributed by atoms with Gasteiger partial charge in [-0.2, -0.15) is 5.10 Å². The van der Waals surface area contributed by atoms with Crippen LogP contribution in [0, 0.1) is 13.8 Å². The lowest BCUT2D eigenvalue weighted by molar-refractivity contribution is -0.111. The summed E-state index contributed by atoms with van der Waals surface area (Å²) >= 11 is 6.39. The molecule has 146 valence electrons. The van der Waals surface area contributed by atoms with Gasteiger partial charge in [-0.3, -0.25) is 9.48 Å². The first-order chi connectivity index (χ1) is 12.9. The quantitative estimate of drug-likeness (QED) is 0.666. The van der Waals surface area contributed by atoms with E-state index in [9.17, 15) is 4.79 Å². The van der Waals surface area contributed by atoms with Crippen LogP contribution in [0.2, 0.25) is 5.15 Å². The molecule has 0 aliphatic heterocycles. The first kappa shape index (κ1) is 20.8. The number of methoxy groups -OCH3 is 2. The van der Waals surface area contributed by atoms with Crippen molar-refractivity contribution >= 4 is 29.3 Å². The number of aryl methyl sites for hydroxylation is 3. The summed E-state index contributed by atoms with van der Waals surface area (Å²) in [7, 11) is 3.13. The third kappa shape index (κ3) is 5.04. The highest BCUT2D eigenvalue weighted by Gasteiger charge is 2.12. The Hall–Kier alpha value is -2.47.